The number of unbranched alkanes of at least 4 members (excludes halogenated alkanes) is 5. The fourth-order valence-corrected chi connectivity index (χ4v) is 3.17. The van der Waals surface area contributed by atoms with E-state index >= 15 is 0 Å². The Morgan fingerprint density at radius 2 is 1.53 bits per heavy atom. The summed E-state index contributed by atoms with van der Waals surface area (Å²) in [4.78, 5) is 1.42. The SMILES string of the molecule is Cc1ccc(SCCCCCCCCC2=CC2)cc1. The highest BCUT2D eigenvalue weighted by molar-refractivity contribution is 7.99. The van der Waals surface area contributed by atoms with Crippen LogP contribution in [0.25, 0.3) is 0 Å². The molecule has 0 spiro atoms. The molecule has 0 N–H and O–H groups in total. The number of thioether (sulfide) groups is 1. The highest BCUT2D eigenvalue weighted by Gasteiger charge is 2.05. The summed E-state index contributed by atoms with van der Waals surface area (Å²) in [6.45, 7) is 2.15. The average Bonchev–Trinajstić information content (AvgIpc) is 3.23. The van der Waals surface area contributed by atoms with E-state index < -0.39 is 0 Å². The number of aryl methyl sites for hydroxylation is 1. The minimum absolute atomic E-state index is 1.27. The maximum Gasteiger partial charge on any atom is 0.00721 e. The summed E-state index contributed by atoms with van der Waals surface area (Å²) in [5, 5.41) is 0. The van der Waals surface area contributed by atoms with Crippen molar-refractivity contribution < 1.29 is 0 Å². The van der Waals surface area contributed by atoms with Crippen molar-refractivity contribution in [2.75, 3.05) is 5.75 Å². The first kappa shape index (κ1) is 14.7. The van der Waals surface area contributed by atoms with Crippen molar-refractivity contribution >= 4 is 11.8 Å². The Morgan fingerprint density at radius 1 is 0.895 bits per heavy atom. The second-order valence-corrected chi connectivity index (χ2v) is 6.77. The van der Waals surface area contributed by atoms with E-state index in [2.05, 4.69) is 37.3 Å². The molecule has 0 atom stereocenters. The average molecular weight is 274 g/mol. The Labute approximate surface area is 122 Å². The van der Waals surface area contributed by atoms with Gasteiger partial charge in [0.1, 0.15) is 0 Å². The summed E-state index contributed by atoms with van der Waals surface area (Å²) in [5.74, 6) is 1.27. The fraction of sp³-hybridized carbons (Fsp3) is 0.556. The van der Waals surface area contributed by atoms with Crippen molar-refractivity contribution in [1.29, 1.82) is 0 Å². The quantitative estimate of drug-likeness (QED) is 0.280. The lowest BCUT2D eigenvalue weighted by Crippen LogP contribution is -1.83. The van der Waals surface area contributed by atoms with E-state index in [0.717, 1.165) is 0 Å². The van der Waals surface area contributed by atoms with Crippen LogP contribution in [0, 0.1) is 6.92 Å². The Kier molecular flexibility index (Phi) is 6.56. The van der Waals surface area contributed by atoms with Gasteiger partial charge in [-0.2, -0.15) is 0 Å². The first-order valence-electron chi connectivity index (χ1n) is 7.72. The summed E-state index contributed by atoms with van der Waals surface area (Å²) in [7, 11) is 0. The van der Waals surface area contributed by atoms with Gasteiger partial charge in [0, 0.05) is 4.90 Å². The molecular formula is C18H26S. The van der Waals surface area contributed by atoms with Crippen LogP contribution in [0.3, 0.4) is 0 Å². The normalized spacial score (nSPS) is 13.4. The van der Waals surface area contributed by atoms with Gasteiger partial charge < -0.3 is 0 Å². The van der Waals surface area contributed by atoms with Gasteiger partial charge in [-0.1, -0.05) is 55.0 Å². The molecule has 0 aliphatic heterocycles. The molecule has 0 saturated carbocycles. The number of hydrogen-bond acceptors (Lipinski definition) is 1. The third-order valence-electron chi connectivity index (χ3n) is 3.67. The minimum Gasteiger partial charge on any atom is -0.126 e. The minimum atomic E-state index is 1.27. The fourth-order valence-electron chi connectivity index (χ4n) is 2.26. The summed E-state index contributed by atoms with van der Waals surface area (Å²) in [6.07, 6.45) is 13.5. The zero-order chi connectivity index (χ0) is 13.3. The molecule has 1 aliphatic rings. The Bertz CT molecular complexity index is 389. The standard InChI is InChI=1S/C18H26S/c1-16-9-13-18(14-10-16)19-15-7-5-3-2-4-6-8-17-11-12-17/h9-11,13-14H,2-8,12,15H2,1H3. The maximum absolute atomic E-state index is 2.36. The summed E-state index contributed by atoms with van der Waals surface area (Å²) >= 11 is 2.00. The lowest BCUT2D eigenvalue weighted by Gasteiger charge is -2.03. The van der Waals surface area contributed by atoms with Crippen LogP contribution < -0.4 is 0 Å². The molecule has 0 heterocycles. The highest BCUT2D eigenvalue weighted by atomic mass is 32.2. The number of hydrogen-bond donors (Lipinski definition) is 0. The topological polar surface area (TPSA) is 0 Å². The molecule has 1 heteroatoms. The molecule has 0 radical (unpaired) electrons. The van der Waals surface area contributed by atoms with Crippen molar-refractivity contribution in [1.82, 2.24) is 0 Å². The number of rotatable bonds is 10. The van der Waals surface area contributed by atoms with E-state index in [1.165, 1.54) is 67.6 Å². The molecule has 0 bridgehead atoms. The lowest BCUT2D eigenvalue weighted by molar-refractivity contribution is 0.610. The molecular weight excluding hydrogens is 248 g/mol. The molecule has 2 rings (SSSR count). The highest BCUT2D eigenvalue weighted by Crippen LogP contribution is 2.25. The molecule has 104 valence electrons. The molecule has 1 aromatic carbocycles. The number of benzene rings is 1. The van der Waals surface area contributed by atoms with E-state index in [1.54, 1.807) is 5.57 Å². The number of allylic oxidation sites excluding steroid dienone is 2. The zero-order valence-corrected chi connectivity index (χ0v) is 13.0. The third-order valence-corrected chi connectivity index (χ3v) is 4.77. The van der Waals surface area contributed by atoms with E-state index in [9.17, 15) is 0 Å². The van der Waals surface area contributed by atoms with Gasteiger partial charge in [-0.15, -0.1) is 11.8 Å². The van der Waals surface area contributed by atoms with Gasteiger partial charge >= 0.3 is 0 Å². The summed E-state index contributed by atoms with van der Waals surface area (Å²) in [5.41, 5.74) is 3.06. The third kappa shape index (κ3) is 6.87. The predicted octanol–water partition coefficient (Wildman–Crippen LogP) is 6.15. The largest absolute Gasteiger partial charge is 0.126 e. The summed E-state index contributed by atoms with van der Waals surface area (Å²) < 4.78 is 0. The van der Waals surface area contributed by atoms with Crippen LogP contribution in [0.1, 0.15) is 56.9 Å². The molecule has 0 fully saturated rings. The molecule has 0 amide bonds. The monoisotopic (exact) mass is 274 g/mol. The van der Waals surface area contributed by atoms with E-state index in [4.69, 9.17) is 0 Å². The van der Waals surface area contributed by atoms with Gasteiger partial charge in [0.15, 0.2) is 0 Å². The first-order valence-corrected chi connectivity index (χ1v) is 8.70. The van der Waals surface area contributed by atoms with Crippen molar-refractivity contribution in [2.24, 2.45) is 0 Å². The predicted molar refractivity (Wildman–Crippen MR) is 86.9 cm³/mol. The first-order chi connectivity index (χ1) is 9.34. The second-order valence-electron chi connectivity index (χ2n) is 5.60. The van der Waals surface area contributed by atoms with Gasteiger partial charge in [0.2, 0.25) is 0 Å². The smallest absolute Gasteiger partial charge is 0.00721 e. The maximum atomic E-state index is 2.36. The molecule has 1 aromatic rings. The van der Waals surface area contributed by atoms with Crippen LogP contribution >= 0.6 is 11.8 Å². The Balaban J connectivity index is 1.39. The lowest BCUT2D eigenvalue weighted by atomic mass is 10.1. The van der Waals surface area contributed by atoms with Gasteiger partial charge in [-0.25, -0.2) is 0 Å². The van der Waals surface area contributed by atoms with Crippen molar-refractivity contribution in [3.05, 3.63) is 41.5 Å². The van der Waals surface area contributed by atoms with Gasteiger partial charge in [0.25, 0.3) is 0 Å². The van der Waals surface area contributed by atoms with Crippen molar-refractivity contribution in [2.45, 2.75) is 63.2 Å². The molecule has 0 unspecified atom stereocenters. The van der Waals surface area contributed by atoms with Gasteiger partial charge in [-0.3, -0.25) is 0 Å². The van der Waals surface area contributed by atoms with Gasteiger partial charge in [-0.05, 0) is 50.5 Å². The van der Waals surface area contributed by atoms with Crippen LogP contribution in [0.5, 0.6) is 0 Å². The Morgan fingerprint density at radius 3 is 2.21 bits per heavy atom. The van der Waals surface area contributed by atoms with Crippen LogP contribution in [0.4, 0.5) is 0 Å². The molecule has 0 saturated heterocycles. The molecule has 0 nitrogen and oxygen atoms in total. The van der Waals surface area contributed by atoms with E-state index in [1.807, 2.05) is 11.8 Å². The molecule has 1 aliphatic carbocycles. The van der Waals surface area contributed by atoms with Crippen molar-refractivity contribution in [3.8, 4) is 0 Å². The van der Waals surface area contributed by atoms with Crippen LogP contribution in [0.15, 0.2) is 40.8 Å². The van der Waals surface area contributed by atoms with Crippen LogP contribution in [-0.2, 0) is 0 Å². The summed E-state index contributed by atoms with van der Waals surface area (Å²) in [6, 6.07) is 8.90. The molecule has 0 aromatic heterocycles. The van der Waals surface area contributed by atoms with Gasteiger partial charge in [0.05, 0.1) is 0 Å². The molecule has 19 heavy (non-hydrogen) atoms. The van der Waals surface area contributed by atoms with E-state index in [-0.39, 0.29) is 0 Å². The van der Waals surface area contributed by atoms with E-state index in [0.29, 0.717) is 0 Å². The van der Waals surface area contributed by atoms with Crippen molar-refractivity contribution in [3.63, 3.8) is 0 Å². The van der Waals surface area contributed by atoms with Crippen LogP contribution in [-0.4, -0.2) is 5.75 Å². The zero-order valence-electron chi connectivity index (χ0n) is 12.2. The second kappa shape index (κ2) is 8.47. The van der Waals surface area contributed by atoms with Crippen LogP contribution in [0.2, 0.25) is 0 Å². The Hall–Kier alpha value is -0.690.